The van der Waals surface area contributed by atoms with Crippen molar-refractivity contribution in [1.29, 1.82) is 0 Å². The molecule has 1 atom stereocenters. The Morgan fingerprint density at radius 1 is 1.39 bits per heavy atom. The molecule has 1 unspecified atom stereocenters. The molecular formula is C14H19N3O. The summed E-state index contributed by atoms with van der Waals surface area (Å²) in [5.41, 5.74) is 8.87. The lowest BCUT2D eigenvalue weighted by Gasteiger charge is -2.15. The molecule has 4 nitrogen and oxygen atoms in total. The Balaban J connectivity index is 2.80. The van der Waals surface area contributed by atoms with E-state index in [-0.39, 0.29) is 11.8 Å². The second kappa shape index (κ2) is 6.06. The molecule has 1 aromatic rings. The molecule has 0 aliphatic rings. The highest BCUT2D eigenvalue weighted by molar-refractivity contribution is 5.80. The van der Waals surface area contributed by atoms with Crippen molar-refractivity contribution in [3.63, 3.8) is 0 Å². The summed E-state index contributed by atoms with van der Waals surface area (Å²) in [6.45, 7) is 14.8. The van der Waals surface area contributed by atoms with E-state index >= 15 is 0 Å². The van der Waals surface area contributed by atoms with Crippen LogP contribution in [0, 0.1) is 26.3 Å². The van der Waals surface area contributed by atoms with Crippen molar-refractivity contribution in [3.05, 3.63) is 34.7 Å². The molecule has 1 aromatic carbocycles. The van der Waals surface area contributed by atoms with Crippen molar-refractivity contribution in [1.82, 2.24) is 5.43 Å². The molecule has 0 aliphatic heterocycles. The quantitative estimate of drug-likeness (QED) is 0.631. The maximum Gasteiger partial charge on any atom is 0.241 e. The highest BCUT2D eigenvalue weighted by atomic mass is 16.2. The van der Waals surface area contributed by atoms with Crippen LogP contribution in [0.2, 0.25) is 0 Å². The number of benzene rings is 1. The summed E-state index contributed by atoms with van der Waals surface area (Å²) in [5.74, 6) is -0.0644. The summed E-state index contributed by atoms with van der Waals surface area (Å²) in [6.07, 6.45) is 0.799. The Kier molecular flexibility index (Phi) is 4.73. The number of rotatable bonds is 4. The highest BCUT2D eigenvalue weighted by Crippen LogP contribution is 2.26. The number of hydrogen-bond donors (Lipinski definition) is 2. The number of carbonyl (C=O) groups is 1. The third kappa shape index (κ3) is 3.24. The normalized spacial score (nSPS) is 11.5. The van der Waals surface area contributed by atoms with E-state index in [1.807, 2.05) is 33.8 Å². The third-order valence-electron chi connectivity index (χ3n) is 3.04. The third-order valence-corrected chi connectivity index (χ3v) is 3.04. The van der Waals surface area contributed by atoms with E-state index in [2.05, 4.69) is 15.7 Å². The van der Waals surface area contributed by atoms with Gasteiger partial charge in [-0.2, -0.15) is 0 Å². The lowest BCUT2D eigenvalue weighted by molar-refractivity contribution is -0.124. The van der Waals surface area contributed by atoms with Crippen LogP contribution in [0.5, 0.6) is 0 Å². The minimum Gasteiger partial charge on any atom is -0.300 e. The average molecular weight is 245 g/mol. The van der Waals surface area contributed by atoms with Crippen LogP contribution < -0.4 is 10.9 Å². The van der Waals surface area contributed by atoms with Gasteiger partial charge in [-0.15, -0.1) is 0 Å². The van der Waals surface area contributed by atoms with Gasteiger partial charge in [-0.25, -0.2) is 4.85 Å². The van der Waals surface area contributed by atoms with E-state index in [0.717, 1.165) is 23.2 Å². The molecule has 0 spiro atoms. The van der Waals surface area contributed by atoms with E-state index in [1.54, 1.807) is 6.07 Å². The summed E-state index contributed by atoms with van der Waals surface area (Å²) in [4.78, 5) is 15.1. The SMILES string of the molecule is [C-]#[N+]c1cc(NNC(=O)C(C)CC)c(C)cc1C. The number of hydrazine groups is 1. The lowest BCUT2D eigenvalue weighted by Crippen LogP contribution is -2.33. The van der Waals surface area contributed by atoms with Crippen LogP contribution in [-0.4, -0.2) is 5.91 Å². The molecular weight excluding hydrogens is 226 g/mol. The molecule has 0 saturated heterocycles. The van der Waals surface area contributed by atoms with E-state index in [1.165, 1.54) is 0 Å². The first-order chi connectivity index (χ1) is 8.49. The Bertz CT molecular complexity index is 489. The van der Waals surface area contributed by atoms with Crippen molar-refractivity contribution in [3.8, 4) is 0 Å². The molecule has 1 rings (SSSR count). The zero-order chi connectivity index (χ0) is 13.7. The minimum atomic E-state index is -0.0400. The molecule has 18 heavy (non-hydrogen) atoms. The molecule has 0 heterocycles. The molecule has 0 bridgehead atoms. The number of amides is 1. The van der Waals surface area contributed by atoms with Crippen LogP contribution in [0.15, 0.2) is 12.1 Å². The van der Waals surface area contributed by atoms with Gasteiger partial charge in [0.1, 0.15) is 0 Å². The van der Waals surface area contributed by atoms with E-state index in [4.69, 9.17) is 6.57 Å². The molecule has 1 amide bonds. The topological polar surface area (TPSA) is 45.5 Å². The van der Waals surface area contributed by atoms with Crippen LogP contribution >= 0.6 is 0 Å². The van der Waals surface area contributed by atoms with Gasteiger partial charge < -0.3 is 0 Å². The van der Waals surface area contributed by atoms with Gasteiger partial charge in [0.2, 0.25) is 5.91 Å². The standard InChI is InChI=1S/C14H19N3O/c1-6-9(2)14(18)17-16-13-8-12(15-5)10(3)7-11(13)4/h7-9,16H,6H2,1-4H3,(H,17,18). The first kappa shape index (κ1) is 14.0. The fraction of sp³-hybridized carbons (Fsp3) is 0.429. The first-order valence-electron chi connectivity index (χ1n) is 6.04. The van der Waals surface area contributed by atoms with E-state index in [9.17, 15) is 4.79 Å². The van der Waals surface area contributed by atoms with Gasteiger partial charge in [-0.05, 0) is 37.5 Å². The van der Waals surface area contributed by atoms with Gasteiger partial charge in [0, 0.05) is 11.6 Å². The second-order valence-electron chi connectivity index (χ2n) is 4.49. The number of nitrogens with one attached hydrogen (secondary N) is 2. The number of anilines is 1. The molecule has 4 heteroatoms. The Morgan fingerprint density at radius 3 is 2.61 bits per heavy atom. The molecule has 0 aromatic heterocycles. The van der Waals surface area contributed by atoms with Crippen molar-refractivity contribution in [2.75, 3.05) is 5.43 Å². The summed E-state index contributed by atoms with van der Waals surface area (Å²) in [7, 11) is 0. The van der Waals surface area contributed by atoms with Crippen LogP contribution in [0.3, 0.4) is 0 Å². The minimum absolute atomic E-state index is 0.0245. The van der Waals surface area contributed by atoms with Crippen LogP contribution in [0.1, 0.15) is 31.4 Å². The van der Waals surface area contributed by atoms with Gasteiger partial charge >= 0.3 is 0 Å². The zero-order valence-corrected chi connectivity index (χ0v) is 11.3. The number of nitrogens with zero attached hydrogens (tertiary/aromatic N) is 1. The Morgan fingerprint density at radius 2 is 2.06 bits per heavy atom. The van der Waals surface area contributed by atoms with Crippen molar-refractivity contribution >= 4 is 17.3 Å². The maximum atomic E-state index is 11.6. The number of hydrogen-bond acceptors (Lipinski definition) is 2. The maximum absolute atomic E-state index is 11.6. The molecule has 0 saturated carbocycles. The fourth-order valence-electron chi connectivity index (χ4n) is 1.53. The number of carbonyl (C=O) groups excluding carboxylic acids is 1. The highest BCUT2D eigenvalue weighted by Gasteiger charge is 2.10. The van der Waals surface area contributed by atoms with Crippen LogP contribution in [0.25, 0.3) is 4.85 Å². The van der Waals surface area contributed by atoms with Crippen molar-refractivity contribution < 1.29 is 4.79 Å². The molecule has 0 fully saturated rings. The van der Waals surface area contributed by atoms with E-state index in [0.29, 0.717) is 5.69 Å². The monoisotopic (exact) mass is 245 g/mol. The van der Waals surface area contributed by atoms with Crippen LogP contribution in [0.4, 0.5) is 11.4 Å². The molecule has 96 valence electrons. The van der Waals surface area contributed by atoms with Crippen molar-refractivity contribution in [2.45, 2.75) is 34.1 Å². The average Bonchev–Trinajstić information content (AvgIpc) is 2.36. The molecule has 0 radical (unpaired) electrons. The van der Waals surface area contributed by atoms with Gasteiger partial charge in [-0.3, -0.25) is 15.6 Å². The summed E-state index contributed by atoms with van der Waals surface area (Å²) < 4.78 is 0. The summed E-state index contributed by atoms with van der Waals surface area (Å²) in [6, 6.07) is 3.69. The Hall–Kier alpha value is -2.02. The first-order valence-corrected chi connectivity index (χ1v) is 6.04. The fourth-order valence-corrected chi connectivity index (χ4v) is 1.53. The molecule has 0 aliphatic carbocycles. The van der Waals surface area contributed by atoms with Crippen LogP contribution in [-0.2, 0) is 4.79 Å². The van der Waals surface area contributed by atoms with E-state index < -0.39 is 0 Å². The number of aryl methyl sites for hydroxylation is 2. The predicted octanol–water partition coefficient (Wildman–Crippen LogP) is 3.34. The van der Waals surface area contributed by atoms with Crippen molar-refractivity contribution in [2.24, 2.45) is 5.92 Å². The Labute approximate surface area is 108 Å². The summed E-state index contributed by atoms with van der Waals surface area (Å²) >= 11 is 0. The van der Waals surface area contributed by atoms with Gasteiger partial charge in [0.25, 0.3) is 0 Å². The van der Waals surface area contributed by atoms with Gasteiger partial charge in [-0.1, -0.05) is 19.9 Å². The smallest absolute Gasteiger partial charge is 0.241 e. The largest absolute Gasteiger partial charge is 0.300 e. The second-order valence-corrected chi connectivity index (χ2v) is 4.49. The zero-order valence-electron chi connectivity index (χ0n) is 11.3. The van der Waals surface area contributed by atoms with Gasteiger partial charge in [0.15, 0.2) is 5.69 Å². The predicted molar refractivity (Wildman–Crippen MR) is 73.4 cm³/mol. The van der Waals surface area contributed by atoms with Gasteiger partial charge in [0.05, 0.1) is 6.57 Å². The lowest BCUT2D eigenvalue weighted by atomic mass is 10.1. The molecule has 2 N–H and O–H groups in total. The summed E-state index contributed by atoms with van der Waals surface area (Å²) in [5, 5.41) is 0.